The van der Waals surface area contributed by atoms with E-state index in [1.165, 1.54) is 58.2 Å². The number of nitrogens with one attached hydrogen (secondary N) is 1. The Labute approximate surface area is 111 Å². The smallest absolute Gasteiger partial charge is 0.0507 e. The highest BCUT2D eigenvalue weighted by atomic mass is 16.5. The quantitative estimate of drug-likeness (QED) is 0.831. The van der Waals surface area contributed by atoms with Crippen molar-refractivity contribution in [2.75, 3.05) is 32.8 Å². The summed E-state index contributed by atoms with van der Waals surface area (Å²) in [6.07, 6.45) is 8.20. The fourth-order valence-electron chi connectivity index (χ4n) is 4.08. The molecule has 2 aliphatic heterocycles. The molecule has 18 heavy (non-hydrogen) atoms. The molecule has 3 fully saturated rings. The first-order valence-electron chi connectivity index (χ1n) is 7.88. The molecule has 1 aliphatic carbocycles. The van der Waals surface area contributed by atoms with Crippen LogP contribution >= 0.6 is 0 Å². The first-order valence-corrected chi connectivity index (χ1v) is 7.88. The molecule has 1 spiro atoms. The predicted molar refractivity (Wildman–Crippen MR) is 73.8 cm³/mol. The van der Waals surface area contributed by atoms with Gasteiger partial charge in [0.05, 0.1) is 6.61 Å². The van der Waals surface area contributed by atoms with Gasteiger partial charge in [0.1, 0.15) is 0 Å². The molecule has 104 valence electrons. The summed E-state index contributed by atoms with van der Waals surface area (Å²) in [5.41, 5.74) is 0.494. The van der Waals surface area contributed by atoms with E-state index < -0.39 is 0 Å². The lowest BCUT2D eigenvalue weighted by Gasteiger charge is -2.49. The summed E-state index contributed by atoms with van der Waals surface area (Å²) in [5.74, 6) is 0.790. The molecular weight excluding hydrogens is 224 g/mol. The van der Waals surface area contributed by atoms with E-state index in [9.17, 15) is 0 Å². The summed E-state index contributed by atoms with van der Waals surface area (Å²) in [5, 5.41) is 3.78. The van der Waals surface area contributed by atoms with Crippen LogP contribution in [0.15, 0.2) is 0 Å². The summed E-state index contributed by atoms with van der Waals surface area (Å²) in [4.78, 5) is 2.84. The summed E-state index contributed by atoms with van der Waals surface area (Å²) in [6.45, 7) is 8.04. The molecule has 0 radical (unpaired) electrons. The van der Waals surface area contributed by atoms with Crippen molar-refractivity contribution in [2.45, 2.75) is 57.0 Å². The minimum atomic E-state index is 0.494. The molecule has 3 rings (SSSR count). The Hall–Kier alpha value is -0.120. The summed E-state index contributed by atoms with van der Waals surface area (Å²) >= 11 is 0. The Balaban J connectivity index is 1.67. The summed E-state index contributed by atoms with van der Waals surface area (Å²) < 4.78 is 5.56. The van der Waals surface area contributed by atoms with E-state index in [0.29, 0.717) is 11.6 Å². The fourth-order valence-corrected chi connectivity index (χ4v) is 4.08. The van der Waals surface area contributed by atoms with Crippen molar-refractivity contribution in [1.82, 2.24) is 10.2 Å². The van der Waals surface area contributed by atoms with Gasteiger partial charge in [-0.25, -0.2) is 0 Å². The van der Waals surface area contributed by atoms with E-state index >= 15 is 0 Å². The van der Waals surface area contributed by atoms with E-state index in [4.69, 9.17) is 4.74 Å². The number of nitrogens with zero attached hydrogens (tertiary/aromatic N) is 1. The average Bonchev–Trinajstić information content (AvgIpc) is 3.04. The SMILES string of the molecule is CCC1CN(CC2CCOC2)C2(CCCC2)CN1. The lowest BCUT2D eigenvalue weighted by atomic mass is 9.89. The van der Waals surface area contributed by atoms with Crippen molar-refractivity contribution in [3.8, 4) is 0 Å². The standard InChI is InChI=1S/C15H28N2O/c1-2-14-10-17(9-13-5-8-18-11-13)15(12-16-14)6-3-4-7-15/h13-14,16H,2-12H2,1H3. The predicted octanol–water partition coefficient (Wildman–Crippen LogP) is 2.02. The molecular formula is C15H28N2O. The van der Waals surface area contributed by atoms with E-state index in [2.05, 4.69) is 17.1 Å². The summed E-state index contributed by atoms with van der Waals surface area (Å²) in [7, 11) is 0. The highest BCUT2D eigenvalue weighted by Crippen LogP contribution is 2.38. The van der Waals surface area contributed by atoms with Crippen LogP contribution in [0.25, 0.3) is 0 Å². The number of hydrogen-bond acceptors (Lipinski definition) is 3. The molecule has 3 nitrogen and oxygen atoms in total. The molecule has 0 aromatic rings. The van der Waals surface area contributed by atoms with Crippen molar-refractivity contribution in [2.24, 2.45) is 5.92 Å². The number of hydrogen-bond donors (Lipinski definition) is 1. The lowest BCUT2D eigenvalue weighted by Crippen LogP contribution is -2.64. The largest absolute Gasteiger partial charge is 0.381 e. The molecule has 0 bridgehead atoms. The van der Waals surface area contributed by atoms with Crippen LogP contribution in [-0.4, -0.2) is 49.3 Å². The van der Waals surface area contributed by atoms with Crippen molar-refractivity contribution in [3.05, 3.63) is 0 Å². The minimum Gasteiger partial charge on any atom is -0.381 e. The van der Waals surface area contributed by atoms with E-state index in [-0.39, 0.29) is 0 Å². The zero-order chi connectivity index (χ0) is 12.4. The molecule has 3 aliphatic rings. The van der Waals surface area contributed by atoms with Gasteiger partial charge in [0.2, 0.25) is 0 Å². The zero-order valence-corrected chi connectivity index (χ0v) is 11.8. The maximum absolute atomic E-state index is 5.56. The maximum Gasteiger partial charge on any atom is 0.0507 e. The van der Waals surface area contributed by atoms with Crippen molar-refractivity contribution in [1.29, 1.82) is 0 Å². The molecule has 0 aromatic heterocycles. The van der Waals surface area contributed by atoms with Gasteiger partial charge in [-0.15, -0.1) is 0 Å². The molecule has 1 saturated carbocycles. The third-order valence-electron chi connectivity index (χ3n) is 5.36. The molecule has 0 amide bonds. The Kier molecular flexibility index (Phi) is 3.92. The van der Waals surface area contributed by atoms with Gasteiger partial charge in [-0.2, -0.15) is 0 Å². The van der Waals surface area contributed by atoms with Crippen LogP contribution in [0, 0.1) is 5.92 Å². The van der Waals surface area contributed by atoms with Gasteiger partial charge in [-0.05, 0) is 31.6 Å². The highest BCUT2D eigenvalue weighted by molar-refractivity contribution is 5.02. The first-order chi connectivity index (χ1) is 8.82. The molecule has 0 aromatic carbocycles. The van der Waals surface area contributed by atoms with Gasteiger partial charge < -0.3 is 10.1 Å². The highest BCUT2D eigenvalue weighted by Gasteiger charge is 2.43. The van der Waals surface area contributed by atoms with E-state index in [0.717, 1.165) is 19.1 Å². The maximum atomic E-state index is 5.56. The third-order valence-corrected chi connectivity index (χ3v) is 5.36. The van der Waals surface area contributed by atoms with Crippen LogP contribution < -0.4 is 5.32 Å². The number of ether oxygens (including phenoxy) is 1. The van der Waals surface area contributed by atoms with Gasteiger partial charge in [0, 0.05) is 37.8 Å². The Bertz CT molecular complexity index is 270. The second-order valence-corrected chi connectivity index (χ2v) is 6.55. The van der Waals surface area contributed by atoms with Crippen molar-refractivity contribution >= 4 is 0 Å². The van der Waals surface area contributed by atoms with Crippen molar-refractivity contribution in [3.63, 3.8) is 0 Å². The number of piperazine rings is 1. The molecule has 2 unspecified atom stereocenters. The lowest BCUT2D eigenvalue weighted by molar-refractivity contribution is 0.0267. The average molecular weight is 252 g/mol. The van der Waals surface area contributed by atoms with E-state index in [1.54, 1.807) is 0 Å². The van der Waals surface area contributed by atoms with Gasteiger partial charge in [-0.3, -0.25) is 4.90 Å². The molecule has 3 heteroatoms. The monoisotopic (exact) mass is 252 g/mol. The van der Waals surface area contributed by atoms with Crippen LogP contribution in [-0.2, 0) is 4.74 Å². The van der Waals surface area contributed by atoms with Crippen LogP contribution in [0.1, 0.15) is 45.4 Å². The number of rotatable bonds is 3. The third kappa shape index (κ3) is 2.45. The van der Waals surface area contributed by atoms with Crippen LogP contribution in [0.5, 0.6) is 0 Å². The molecule has 2 atom stereocenters. The van der Waals surface area contributed by atoms with Gasteiger partial charge in [0.25, 0.3) is 0 Å². The van der Waals surface area contributed by atoms with Gasteiger partial charge >= 0.3 is 0 Å². The Morgan fingerprint density at radius 3 is 2.83 bits per heavy atom. The first kappa shape index (κ1) is 12.9. The second-order valence-electron chi connectivity index (χ2n) is 6.55. The topological polar surface area (TPSA) is 24.5 Å². The Morgan fingerprint density at radius 1 is 1.33 bits per heavy atom. The van der Waals surface area contributed by atoms with Crippen molar-refractivity contribution < 1.29 is 4.74 Å². The van der Waals surface area contributed by atoms with Crippen LogP contribution in [0.3, 0.4) is 0 Å². The summed E-state index contributed by atoms with van der Waals surface area (Å²) in [6, 6.07) is 0.707. The van der Waals surface area contributed by atoms with Crippen LogP contribution in [0.4, 0.5) is 0 Å². The zero-order valence-electron chi connectivity index (χ0n) is 11.8. The normalized spacial score (nSPS) is 36.5. The Morgan fingerprint density at radius 2 is 2.17 bits per heavy atom. The van der Waals surface area contributed by atoms with Gasteiger partial charge in [0.15, 0.2) is 0 Å². The molecule has 1 N–H and O–H groups in total. The molecule has 2 heterocycles. The van der Waals surface area contributed by atoms with Crippen LogP contribution in [0.2, 0.25) is 0 Å². The molecule has 2 saturated heterocycles. The second kappa shape index (κ2) is 5.48. The van der Waals surface area contributed by atoms with E-state index in [1.807, 2.05) is 0 Å². The fraction of sp³-hybridized carbons (Fsp3) is 1.00. The minimum absolute atomic E-state index is 0.494. The van der Waals surface area contributed by atoms with Gasteiger partial charge in [-0.1, -0.05) is 19.8 Å².